The second kappa shape index (κ2) is 13.8. The summed E-state index contributed by atoms with van der Waals surface area (Å²) in [5.74, 6) is 0.381. The van der Waals surface area contributed by atoms with Gasteiger partial charge in [0.15, 0.2) is 0 Å². The third-order valence-corrected chi connectivity index (χ3v) is 8.83. The van der Waals surface area contributed by atoms with Gasteiger partial charge in [0.25, 0.3) is 0 Å². The number of hydrogen-bond donors (Lipinski definition) is 0. The van der Waals surface area contributed by atoms with E-state index < -0.39 is 10.0 Å². The van der Waals surface area contributed by atoms with Crippen LogP contribution in [0.25, 0.3) is 0 Å². The first-order valence-electron chi connectivity index (χ1n) is 11.9. The lowest BCUT2D eigenvalue weighted by molar-refractivity contribution is -0.138. The molecule has 0 radical (unpaired) electrons. The number of rotatable bonds is 13. The number of nitrogens with zero attached hydrogens (tertiary/aromatic N) is 3. The van der Waals surface area contributed by atoms with E-state index in [1.54, 1.807) is 24.9 Å². The molecule has 0 heterocycles. The van der Waals surface area contributed by atoms with Gasteiger partial charge in [-0.2, -0.15) is 4.31 Å². The smallest absolute Gasteiger partial charge is 0.248 e. The van der Waals surface area contributed by atoms with E-state index in [1.807, 2.05) is 14.1 Å². The van der Waals surface area contributed by atoms with Crippen molar-refractivity contribution in [3.8, 4) is 5.75 Å². The molecule has 0 spiro atoms. The molecule has 9 nitrogen and oxygen atoms in total. The Morgan fingerprint density at radius 3 is 2.29 bits per heavy atom. The van der Waals surface area contributed by atoms with E-state index in [1.165, 1.54) is 24.5 Å². The standard InChI is InChI=1S/C24H40ClN3O6S/c1-18-15-21(32-6)16-22(25)24(18)35(30,31)27(4)12-13-33-17-23(29)28(5)19-7-9-20(10-8-19)34-14-11-26(2)3/h15-16,19-20H,7-14,17H2,1-6H3/t19-,20+. The number of carbonyl (C=O) groups is 1. The Labute approximate surface area is 215 Å². The maximum atomic E-state index is 13.0. The molecule has 200 valence electrons. The Kier molecular flexibility index (Phi) is 11.7. The summed E-state index contributed by atoms with van der Waals surface area (Å²) in [6, 6.07) is 3.27. The van der Waals surface area contributed by atoms with Gasteiger partial charge in [0.2, 0.25) is 15.9 Å². The van der Waals surface area contributed by atoms with Crippen LogP contribution in [0.15, 0.2) is 17.0 Å². The molecule has 0 saturated heterocycles. The summed E-state index contributed by atoms with van der Waals surface area (Å²) in [5, 5.41) is 0.101. The lowest BCUT2D eigenvalue weighted by atomic mass is 9.92. The number of hydrogen-bond acceptors (Lipinski definition) is 7. The molecule has 35 heavy (non-hydrogen) atoms. The molecular weight excluding hydrogens is 494 g/mol. The van der Waals surface area contributed by atoms with Gasteiger partial charge in [0.05, 0.1) is 31.5 Å². The van der Waals surface area contributed by atoms with E-state index in [-0.39, 0.29) is 47.7 Å². The van der Waals surface area contributed by atoms with E-state index >= 15 is 0 Å². The maximum absolute atomic E-state index is 13.0. The molecule has 0 atom stereocenters. The van der Waals surface area contributed by atoms with Gasteiger partial charge in [-0.1, -0.05) is 11.6 Å². The van der Waals surface area contributed by atoms with Crippen molar-refractivity contribution in [2.24, 2.45) is 0 Å². The first kappa shape index (κ1) is 29.8. The number of amides is 1. The van der Waals surface area contributed by atoms with E-state index in [0.29, 0.717) is 11.3 Å². The fourth-order valence-electron chi connectivity index (χ4n) is 4.08. The van der Waals surface area contributed by atoms with E-state index in [4.69, 9.17) is 25.8 Å². The first-order valence-corrected chi connectivity index (χ1v) is 13.7. The Hall–Kier alpha value is -1.43. The lowest BCUT2D eigenvalue weighted by Crippen LogP contribution is -2.42. The van der Waals surface area contributed by atoms with Crippen molar-refractivity contribution in [2.75, 3.05) is 68.2 Å². The van der Waals surface area contributed by atoms with Crippen molar-refractivity contribution in [3.05, 3.63) is 22.7 Å². The van der Waals surface area contributed by atoms with Crippen LogP contribution in [0.5, 0.6) is 5.75 Å². The van der Waals surface area contributed by atoms with Crippen LogP contribution < -0.4 is 4.74 Å². The fraction of sp³-hybridized carbons (Fsp3) is 0.708. The Morgan fingerprint density at radius 1 is 1.06 bits per heavy atom. The number of ether oxygens (including phenoxy) is 3. The Morgan fingerprint density at radius 2 is 1.71 bits per heavy atom. The van der Waals surface area contributed by atoms with Crippen LogP contribution >= 0.6 is 11.6 Å². The van der Waals surface area contributed by atoms with Gasteiger partial charge < -0.3 is 24.0 Å². The first-order chi connectivity index (χ1) is 16.5. The average molecular weight is 534 g/mol. The van der Waals surface area contributed by atoms with Gasteiger partial charge in [-0.05, 0) is 58.3 Å². The summed E-state index contributed by atoms with van der Waals surface area (Å²) in [6.45, 7) is 3.39. The molecule has 0 aromatic heterocycles. The maximum Gasteiger partial charge on any atom is 0.248 e. The molecule has 0 aliphatic heterocycles. The number of methoxy groups -OCH3 is 1. The van der Waals surface area contributed by atoms with Crippen LogP contribution in [0.4, 0.5) is 0 Å². The van der Waals surface area contributed by atoms with Crippen LogP contribution in [-0.4, -0.2) is 109 Å². The van der Waals surface area contributed by atoms with Crippen molar-refractivity contribution in [1.29, 1.82) is 0 Å². The Balaban J connectivity index is 1.76. The second-order valence-electron chi connectivity index (χ2n) is 9.24. The summed E-state index contributed by atoms with van der Waals surface area (Å²) in [6.07, 6.45) is 3.93. The summed E-state index contributed by atoms with van der Waals surface area (Å²) in [4.78, 5) is 16.5. The zero-order valence-electron chi connectivity index (χ0n) is 21.8. The topological polar surface area (TPSA) is 88.6 Å². The molecule has 0 N–H and O–H groups in total. The van der Waals surface area contributed by atoms with Crippen molar-refractivity contribution >= 4 is 27.5 Å². The minimum atomic E-state index is -3.82. The molecule has 1 aromatic rings. The number of likely N-dealkylation sites (N-methyl/N-ethyl adjacent to an activating group) is 3. The van der Waals surface area contributed by atoms with E-state index in [2.05, 4.69) is 4.90 Å². The van der Waals surface area contributed by atoms with Gasteiger partial charge in [-0.25, -0.2) is 8.42 Å². The van der Waals surface area contributed by atoms with E-state index in [0.717, 1.165) is 38.8 Å². The third kappa shape index (κ3) is 8.58. The number of benzene rings is 1. The highest BCUT2D eigenvalue weighted by Crippen LogP contribution is 2.31. The summed E-state index contributed by atoms with van der Waals surface area (Å²) < 4.78 is 43.8. The minimum absolute atomic E-state index is 0.0413. The summed E-state index contributed by atoms with van der Waals surface area (Å²) in [5.41, 5.74) is 0.497. The van der Waals surface area contributed by atoms with Gasteiger partial charge in [-0.3, -0.25) is 4.79 Å². The highest BCUT2D eigenvalue weighted by atomic mass is 35.5. The van der Waals surface area contributed by atoms with Crippen molar-refractivity contribution in [3.63, 3.8) is 0 Å². The van der Waals surface area contributed by atoms with E-state index in [9.17, 15) is 13.2 Å². The number of aryl methyl sites for hydroxylation is 1. The number of sulfonamides is 1. The molecule has 1 aromatic carbocycles. The van der Waals surface area contributed by atoms with Gasteiger partial charge >= 0.3 is 0 Å². The summed E-state index contributed by atoms with van der Waals surface area (Å²) in [7, 11) is 4.99. The van der Waals surface area contributed by atoms with Gasteiger partial charge in [0.1, 0.15) is 17.3 Å². The van der Waals surface area contributed by atoms with Gasteiger partial charge in [-0.15, -0.1) is 0 Å². The van der Waals surface area contributed by atoms with Crippen LogP contribution in [0.2, 0.25) is 5.02 Å². The predicted octanol–water partition coefficient (Wildman–Crippen LogP) is 2.64. The average Bonchev–Trinajstić information content (AvgIpc) is 2.80. The molecule has 1 saturated carbocycles. The normalized spacial score (nSPS) is 18.8. The molecular formula is C24H40ClN3O6S. The largest absolute Gasteiger partial charge is 0.497 e. The number of carbonyl (C=O) groups excluding carboxylic acids is 1. The van der Waals surface area contributed by atoms with Crippen molar-refractivity contribution in [1.82, 2.24) is 14.1 Å². The Bertz CT molecular complexity index is 912. The molecule has 11 heteroatoms. The highest BCUT2D eigenvalue weighted by Gasteiger charge is 2.28. The number of halogens is 1. The zero-order chi connectivity index (χ0) is 26.2. The summed E-state index contributed by atoms with van der Waals surface area (Å²) >= 11 is 6.22. The molecule has 1 fully saturated rings. The highest BCUT2D eigenvalue weighted by molar-refractivity contribution is 7.89. The van der Waals surface area contributed by atoms with Gasteiger partial charge in [0, 0.05) is 39.3 Å². The molecule has 1 amide bonds. The van der Waals surface area contributed by atoms with Crippen LogP contribution in [0.1, 0.15) is 31.2 Å². The van der Waals surface area contributed by atoms with Crippen LogP contribution in [0.3, 0.4) is 0 Å². The predicted molar refractivity (Wildman–Crippen MR) is 137 cm³/mol. The lowest BCUT2D eigenvalue weighted by Gasteiger charge is -2.34. The zero-order valence-corrected chi connectivity index (χ0v) is 23.3. The second-order valence-corrected chi connectivity index (χ2v) is 11.6. The molecule has 1 aliphatic rings. The molecule has 0 unspecified atom stereocenters. The monoisotopic (exact) mass is 533 g/mol. The third-order valence-electron chi connectivity index (χ3n) is 6.36. The molecule has 0 bridgehead atoms. The van der Waals surface area contributed by atoms with Crippen molar-refractivity contribution < 1.29 is 27.4 Å². The fourth-order valence-corrected chi connectivity index (χ4v) is 6.03. The van der Waals surface area contributed by atoms with Crippen LogP contribution in [0, 0.1) is 6.92 Å². The SMILES string of the molecule is COc1cc(C)c(S(=O)(=O)N(C)CCOCC(=O)N(C)[C@H]2CC[C@@H](OCCN(C)C)CC2)c(Cl)c1. The van der Waals surface area contributed by atoms with Crippen LogP contribution in [-0.2, 0) is 24.3 Å². The molecule has 1 aliphatic carbocycles. The quantitative estimate of drug-likeness (QED) is 0.360. The minimum Gasteiger partial charge on any atom is -0.497 e. The van der Waals surface area contributed by atoms with Crippen molar-refractivity contribution in [2.45, 2.75) is 49.6 Å². The molecule has 2 rings (SSSR count).